The van der Waals surface area contributed by atoms with E-state index < -0.39 is 12.6 Å². The van der Waals surface area contributed by atoms with Gasteiger partial charge in [0.1, 0.15) is 0 Å². The fourth-order valence-electron chi connectivity index (χ4n) is 4.63. The molecule has 3 aromatic rings. The Balaban J connectivity index is 1.42. The molecule has 0 fully saturated rings. The van der Waals surface area contributed by atoms with Gasteiger partial charge in [-0.1, -0.05) is 17.3 Å². The molecule has 0 radical (unpaired) electrons. The Labute approximate surface area is 186 Å². The van der Waals surface area contributed by atoms with Crippen molar-refractivity contribution in [2.24, 2.45) is 0 Å². The monoisotopic (exact) mass is 457 g/mol. The number of aliphatic carboxylic acids is 1. The van der Waals surface area contributed by atoms with E-state index in [1.165, 1.54) is 24.8 Å². The zero-order valence-corrected chi connectivity index (χ0v) is 17.7. The van der Waals surface area contributed by atoms with Crippen LogP contribution in [0.25, 0.3) is 23.6 Å². The van der Waals surface area contributed by atoms with Gasteiger partial charge in [0.05, 0.1) is 13.5 Å². The molecule has 172 valence electrons. The molecule has 2 aromatic heterocycles. The molecule has 33 heavy (non-hydrogen) atoms. The van der Waals surface area contributed by atoms with Crippen molar-refractivity contribution in [1.29, 1.82) is 0 Å². The number of ether oxygens (including phenoxy) is 2. The van der Waals surface area contributed by atoms with E-state index >= 15 is 0 Å². The molecule has 2 unspecified atom stereocenters. The molecule has 1 aromatic carbocycles. The van der Waals surface area contributed by atoms with Crippen LogP contribution in [0.5, 0.6) is 11.5 Å². The van der Waals surface area contributed by atoms with Gasteiger partial charge in [0.25, 0.3) is 5.89 Å². The largest absolute Gasteiger partial charge is 0.493 e. The predicted octanol–water partition coefficient (Wildman–Crippen LogP) is 2.93. The summed E-state index contributed by atoms with van der Waals surface area (Å²) in [6.07, 6.45) is 6.61. The maximum atomic E-state index is 12.6. The molecule has 0 amide bonds. The van der Waals surface area contributed by atoms with Crippen LogP contribution < -0.4 is 20.0 Å². The molecular weight excluding hydrogens is 436 g/mol. The van der Waals surface area contributed by atoms with E-state index in [0.29, 0.717) is 17.8 Å². The summed E-state index contributed by atoms with van der Waals surface area (Å²) in [5.41, 5.74) is 2.70. The second-order valence-corrected chi connectivity index (χ2v) is 8.09. The predicted molar refractivity (Wildman–Crippen MR) is 113 cm³/mol. The van der Waals surface area contributed by atoms with E-state index in [2.05, 4.69) is 32.0 Å². The number of halogens is 2. The number of aromatic amines is 1. The summed E-state index contributed by atoms with van der Waals surface area (Å²) in [4.78, 5) is 19.1. The maximum absolute atomic E-state index is 12.6. The standard InChI is InChI=1S/C23H21F2N3O5/c1-31-18-9-13(4-7-17(18)32-23(24)25)22-27-21(28-33-22)12-3-6-16-15(8-12)14-5-2-11(10-19(29)30)20(14)26-16/h4,6-9,11-12,23,26H,2-3,5,10H2,1H3,(H,29,30). The Kier molecular flexibility index (Phi) is 5.35. The Morgan fingerprint density at radius 1 is 1.36 bits per heavy atom. The summed E-state index contributed by atoms with van der Waals surface area (Å²) in [6, 6.07) is 4.42. The first-order chi connectivity index (χ1) is 15.9. The fraction of sp³-hybridized carbons (Fsp3) is 0.348. The van der Waals surface area contributed by atoms with Crippen molar-refractivity contribution in [1.82, 2.24) is 15.1 Å². The number of nitrogens with one attached hydrogen (secondary N) is 1. The molecule has 2 atom stereocenters. The lowest BCUT2D eigenvalue weighted by Gasteiger charge is -2.10. The Morgan fingerprint density at radius 2 is 2.21 bits per heavy atom. The summed E-state index contributed by atoms with van der Waals surface area (Å²) in [7, 11) is 1.36. The van der Waals surface area contributed by atoms with Gasteiger partial charge >= 0.3 is 12.6 Å². The SMILES string of the molecule is COc1cc(-c2nc(C3C=c4c5c([nH]c4=CC3)C(CC(=O)O)CC5)no2)ccc1OC(F)F. The highest BCUT2D eigenvalue weighted by Gasteiger charge is 2.29. The smallest absolute Gasteiger partial charge is 0.387 e. The van der Waals surface area contributed by atoms with Gasteiger partial charge in [0.15, 0.2) is 17.3 Å². The highest BCUT2D eigenvalue weighted by Crippen LogP contribution is 2.35. The van der Waals surface area contributed by atoms with Crippen LogP contribution in [0.1, 0.15) is 48.2 Å². The van der Waals surface area contributed by atoms with Gasteiger partial charge in [0, 0.05) is 28.4 Å². The Bertz CT molecular complexity index is 1330. The number of carboxylic acid groups (broad SMARTS) is 1. The number of methoxy groups -OCH3 is 1. The van der Waals surface area contributed by atoms with Crippen molar-refractivity contribution in [3.05, 3.63) is 45.8 Å². The van der Waals surface area contributed by atoms with E-state index in [9.17, 15) is 18.7 Å². The first kappa shape index (κ1) is 21.2. The van der Waals surface area contributed by atoms with Gasteiger partial charge in [-0.25, -0.2) is 0 Å². The number of hydrogen-bond acceptors (Lipinski definition) is 6. The van der Waals surface area contributed by atoms with Crippen LogP contribution in [-0.4, -0.2) is 39.9 Å². The third-order valence-electron chi connectivity index (χ3n) is 6.13. The van der Waals surface area contributed by atoms with Crippen molar-refractivity contribution in [3.63, 3.8) is 0 Å². The minimum atomic E-state index is -2.96. The number of fused-ring (bicyclic) bond motifs is 3. The van der Waals surface area contributed by atoms with Crippen LogP contribution in [0, 0.1) is 0 Å². The number of carbonyl (C=O) groups is 1. The van der Waals surface area contributed by atoms with Crippen LogP contribution in [0.15, 0.2) is 22.7 Å². The average molecular weight is 457 g/mol. The van der Waals surface area contributed by atoms with Crippen LogP contribution in [-0.2, 0) is 11.2 Å². The average Bonchev–Trinajstić information content (AvgIpc) is 3.49. The first-order valence-electron chi connectivity index (χ1n) is 10.5. The van der Waals surface area contributed by atoms with Gasteiger partial charge in [-0.2, -0.15) is 13.8 Å². The zero-order chi connectivity index (χ0) is 23.1. The number of benzene rings is 1. The van der Waals surface area contributed by atoms with Crippen molar-refractivity contribution in [2.45, 2.75) is 44.1 Å². The highest BCUT2D eigenvalue weighted by molar-refractivity contribution is 5.68. The highest BCUT2D eigenvalue weighted by atomic mass is 19.3. The summed E-state index contributed by atoms with van der Waals surface area (Å²) in [5, 5.41) is 15.4. The number of H-pyrrole nitrogens is 1. The van der Waals surface area contributed by atoms with Gasteiger partial charge in [-0.05, 0) is 48.2 Å². The Hall–Kier alpha value is -3.69. The lowest BCUT2D eigenvalue weighted by Crippen LogP contribution is -2.29. The second-order valence-electron chi connectivity index (χ2n) is 8.09. The molecule has 0 bridgehead atoms. The van der Waals surface area contributed by atoms with Crippen molar-refractivity contribution >= 4 is 18.1 Å². The topological polar surface area (TPSA) is 110 Å². The minimum Gasteiger partial charge on any atom is -0.493 e. The number of hydrogen-bond donors (Lipinski definition) is 2. The van der Waals surface area contributed by atoms with Gasteiger partial charge < -0.3 is 24.1 Å². The lowest BCUT2D eigenvalue weighted by atomic mass is 9.97. The minimum absolute atomic E-state index is 0.00660. The molecule has 2 heterocycles. The van der Waals surface area contributed by atoms with E-state index in [1.54, 1.807) is 6.07 Å². The molecule has 0 saturated heterocycles. The van der Waals surface area contributed by atoms with E-state index in [0.717, 1.165) is 29.1 Å². The summed E-state index contributed by atoms with van der Waals surface area (Å²) >= 11 is 0. The quantitative estimate of drug-likeness (QED) is 0.561. The normalized spacial score (nSPS) is 18.9. The van der Waals surface area contributed by atoms with Gasteiger partial charge in [-0.15, -0.1) is 0 Å². The second kappa shape index (κ2) is 8.34. The zero-order valence-electron chi connectivity index (χ0n) is 17.7. The van der Waals surface area contributed by atoms with Crippen molar-refractivity contribution in [2.75, 3.05) is 7.11 Å². The summed E-state index contributed by atoms with van der Waals surface area (Å²) in [6.45, 7) is -2.96. The molecule has 5 rings (SSSR count). The molecule has 2 aliphatic rings. The number of rotatable bonds is 7. The number of aromatic nitrogens is 3. The van der Waals surface area contributed by atoms with Gasteiger partial charge in [-0.3, -0.25) is 4.79 Å². The van der Waals surface area contributed by atoms with Crippen molar-refractivity contribution < 1.29 is 32.7 Å². The molecule has 2 aliphatic carbocycles. The molecule has 2 N–H and O–H groups in total. The fourth-order valence-corrected chi connectivity index (χ4v) is 4.63. The molecule has 0 saturated carbocycles. The lowest BCUT2D eigenvalue weighted by molar-refractivity contribution is -0.137. The van der Waals surface area contributed by atoms with Crippen LogP contribution in [0.2, 0.25) is 0 Å². The van der Waals surface area contributed by atoms with Crippen molar-refractivity contribution in [3.8, 4) is 23.0 Å². The molecule has 0 aliphatic heterocycles. The summed E-state index contributed by atoms with van der Waals surface area (Å²) < 4.78 is 40.1. The van der Waals surface area contributed by atoms with E-state index in [-0.39, 0.29) is 35.6 Å². The first-order valence-corrected chi connectivity index (χ1v) is 10.5. The molecule has 10 heteroatoms. The number of alkyl halides is 2. The third kappa shape index (κ3) is 3.96. The maximum Gasteiger partial charge on any atom is 0.387 e. The molecule has 8 nitrogen and oxygen atoms in total. The van der Waals surface area contributed by atoms with Crippen LogP contribution in [0.4, 0.5) is 8.78 Å². The van der Waals surface area contributed by atoms with Crippen LogP contribution >= 0.6 is 0 Å². The molecule has 0 spiro atoms. The van der Waals surface area contributed by atoms with Crippen LogP contribution in [0.3, 0.4) is 0 Å². The number of nitrogens with zero attached hydrogens (tertiary/aromatic N) is 2. The molecular formula is C23H21F2N3O5. The third-order valence-corrected chi connectivity index (χ3v) is 6.13. The van der Waals surface area contributed by atoms with E-state index in [1.807, 2.05) is 0 Å². The van der Waals surface area contributed by atoms with Gasteiger partial charge in [0.2, 0.25) is 0 Å². The summed E-state index contributed by atoms with van der Waals surface area (Å²) in [5.74, 6) is -0.0876. The number of carboxylic acids is 1. The Morgan fingerprint density at radius 3 is 2.97 bits per heavy atom. The van der Waals surface area contributed by atoms with E-state index in [4.69, 9.17) is 9.26 Å².